The molecular weight excluding hydrogens is 228 g/mol. The van der Waals surface area contributed by atoms with E-state index in [-0.39, 0.29) is 17.9 Å². The number of hydrogen-bond acceptors (Lipinski definition) is 2. The lowest BCUT2D eigenvalue weighted by Gasteiger charge is -2.30. The van der Waals surface area contributed by atoms with Crippen molar-refractivity contribution >= 4 is 11.8 Å². The van der Waals surface area contributed by atoms with Crippen molar-refractivity contribution in [1.82, 2.24) is 10.2 Å². The molecule has 1 atom stereocenters. The van der Waals surface area contributed by atoms with Gasteiger partial charge < -0.3 is 10.2 Å². The van der Waals surface area contributed by atoms with Gasteiger partial charge in [0.15, 0.2) is 0 Å². The Bertz CT molecular complexity index is 453. The number of likely N-dealkylation sites (N-methyl/N-ethyl adjacent to an activating group) is 1. The summed E-state index contributed by atoms with van der Waals surface area (Å²) in [5.41, 5.74) is 1.80. The molecule has 0 spiro atoms. The Balaban J connectivity index is 1.95. The predicted octanol–water partition coefficient (Wildman–Crippen LogP) is 1.35. The Morgan fingerprint density at radius 1 is 1.33 bits per heavy atom. The lowest BCUT2D eigenvalue weighted by Crippen LogP contribution is -2.48. The maximum Gasteiger partial charge on any atom is 0.251 e. The van der Waals surface area contributed by atoms with Crippen molar-refractivity contribution in [2.75, 3.05) is 13.6 Å². The molecule has 2 rings (SSSR count). The topological polar surface area (TPSA) is 49.4 Å². The summed E-state index contributed by atoms with van der Waals surface area (Å²) >= 11 is 0. The highest BCUT2D eigenvalue weighted by atomic mass is 16.2. The fraction of sp³-hybridized carbons (Fsp3) is 0.429. The molecule has 2 amide bonds. The third-order valence-electron chi connectivity index (χ3n) is 3.28. The Kier molecular flexibility index (Phi) is 3.65. The van der Waals surface area contributed by atoms with Crippen LogP contribution in [0.25, 0.3) is 0 Å². The normalized spacial score (nSPS) is 19.8. The first-order chi connectivity index (χ1) is 8.56. The molecule has 1 aromatic carbocycles. The van der Waals surface area contributed by atoms with E-state index in [9.17, 15) is 9.59 Å². The summed E-state index contributed by atoms with van der Waals surface area (Å²) in [6.07, 6.45) is 1.23. The van der Waals surface area contributed by atoms with Crippen molar-refractivity contribution in [3.05, 3.63) is 35.4 Å². The van der Waals surface area contributed by atoms with Gasteiger partial charge in [0.25, 0.3) is 5.91 Å². The number of piperidine rings is 1. The van der Waals surface area contributed by atoms with Crippen LogP contribution in [0.5, 0.6) is 0 Å². The number of aryl methyl sites for hydroxylation is 1. The van der Waals surface area contributed by atoms with Gasteiger partial charge in [0.1, 0.15) is 0 Å². The van der Waals surface area contributed by atoms with Gasteiger partial charge >= 0.3 is 0 Å². The summed E-state index contributed by atoms with van der Waals surface area (Å²) in [7, 11) is 1.77. The van der Waals surface area contributed by atoms with E-state index in [1.165, 1.54) is 0 Å². The first-order valence-corrected chi connectivity index (χ1v) is 6.18. The Labute approximate surface area is 107 Å². The first-order valence-electron chi connectivity index (χ1n) is 6.18. The molecule has 1 aromatic rings. The Hall–Kier alpha value is -1.84. The summed E-state index contributed by atoms with van der Waals surface area (Å²) in [4.78, 5) is 25.0. The van der Waals surface area contributed by atoms with E-state index < -0.39 is 0 Å². The number of nitrogens with zero attached hydrogens (tertiary/aromatic N) is 1. The molecule has 96 valence electrons. The molecule has 4 heteroatoms. The summed E-state index contributed by atoms with van der Waals surface area (Å²) in [5, 5.41) is 2.97. The number of carbonyl (C=O) groups excluding carboxylic acids is 2. The van der Waals surface area contributed by atoms with Gasteiger partial charge in [-0.3, -0.25) is 9.59 Å². The molecule has 1 aliphatic heterocycles. The second kappa shape index (κ2) is 5.21. The van der Waals surface area contributed by atoms with E-state index in [1.807, 2.05) is 31.2 Å². The summed E-state index contributed by atoms with van der Waals surface area (Å²) in [6, 6.07) is 7.54. The number of likely N-dealkylation sites (tertiary alicyclic amines) is 1. The minimum atomic E-state index is -0.0669. The standard InChI is InChI=1S/C14H18N2O2/c1-10-3-5-11(6-4-10)14(18)15-12-7-8-13(17)16(2)9-12/h3-6,12H,7-9H2,1-2H3,(H,15,18). The molecule has 4 nitrogen and oxygen atoms in total. The van der Waals surface area contributed by atoms with Gasteiger partial charge in [-0.1, -0.05) is 17.7 Å². The highest BCUT2D eigenvalue weighted by Crippen LogP contribution is 2.11. The van der Waals surface area contributed by atoms with Crippen LogP contribution in [0.4, 0.5) is 0 Å². The van der Waals surface area contributed by atoms with Crippen LogP contribution in [0.15, 0.2) is 24.3 Å². The molecule has 1 unspecified atom stereocenters. The molecule has 0 bridgehead atoms. The van der Waals surface area contributed by atoms with E-state index in [0.717, 1.165) is 12.0 Å². The SMILES string of the molecule is Cc1ccc(C(=O)NC2CCC(=O)N(C)C2)cc1. The van der Waals surface area contributed by atoms with Crippen LogP contribution >= 0.6 is 0 Å². The molecule has 1 N–H and O–H groups in total. The second-order valence-corrected chi connectivity index (χ2v) is 4.85. The van der Waals surface area contributed by atoms with Crippen LogP contribution in [0.1, 0.15) is 28.8 Å². The average Bonchev–Trinajstić information content (AvgIpc) is 2.34. The summed E-state index contributed by atoms with van der Waals surface area (Å²) in [6.45, 7) is 2.58. The molecule has 0 aliphatic carbocycles. The number of carbonyl (C=O) groups is 2. The molecule has 1 saturated heterocycles. The average molecular weight is 246 g/mol. The van der Waals surface area contributed by atoms with Crippen LogP contribution in [0, 0.1) is 6.92 Å². The number of amides is 2. The lowest BCUT2D eigenvalue weighted by atomic mass is 10.0. The third-order valence-corrected chi connectivity index (χ3v) is 3.28. The molecule has 0 aromatic heterocycles. The number of hydrogen-bond donors (Lipinski definition) is 1. The summed E-state index contributed by atoms with van der Waals surface area (Å²) < 4.78 is 0. The van der Waals surface area contributed by atoms with Gasteiger partial charge in [0.2, 0.25) is 5.91 Å². The van der Waals surface area contributed by atoms with Crippen molar-refractivity contribution in [2.45, 2.75) is 25.8 Å². The van der Waals surface area contributed by atoms with E-state index in [4.69, 9.17) is 0 Å². The minimum absolute atomic E-state index is 0.0569. The summed E-state index contributed by atoms with van der Waals surface area (Å²) in [5.74, 6) is 0.0820. The maximum absolute atomic E-state index is 12.0. The highest BCUT2D eigenvalue weighted by Gasteiger charge is 2.24. The van der Waals surface area contributed by atoms with Crippen molar-refractivity contribution in [3.63, 3.8) is 0 Å². The van der Waals surface area contributed by atoms with Crippen LogP contribution in [0.3, 0.4) is 0 Å². The van der Waals surface area contributed by atoms with Crippen molar-refractivity contribution in [2.24, 2.45) is 0 Å². The van der Waals surface area contributed by atoms with Crippen molar-refractivity contribution < 1.29 is 9.59 Å². The molecule has 18 heavy (non-hydrogen) atoms. The van der Waals surface area contributed by atoms with E-state index in [0.29, 0.717) is 18.5 Å². The predicted molar refractivity (Wildman–Crippen MR) is 69.3 cm³/mol. The van der Waals surface area contributed by atoms with Crippen LogP contribution < -0.4 is 5.32 Å². The second-order valence-electron chi connectivity index (χ2n) is 4.85. The fourth-order valence-electron chi connectivity index (χ4n) is 2.10. The van der Waals surface area contributed by atoms with Gasteiger partial charge in [-0.05, 0) is 25.5 Å². The van der Waals surface area contributed by atoms with Gasteiger partial charge in [0.05, 0.1) is 0 Å². The molecule has 1 aliphatic rings. The smallest absolute Gasteiger partial charge is 0.251 e. The van der Waals surface area contributed by atoms with Crippen molar-refractivity contribution in [3.8, 4) is 0 Å². The maximum atomic E-state index is 12.0. The molecule has 0 saturated carbocycles. The first kappa shape index (κ1) is 12.6. The van der Waals surface area contributed by atoms with Crippen LogP contribution in [0.2, 0.25) is 0 Å². The monoisotopic (exact) mass is 246 g/mol. The van der Waals surface area contributed by atoms with Gasteiger partial charge in [-0.25, -0.2) is 0 Å². The molecule has 1 heterocycles. The van der Waals surface area contributed by atoms with Gasteiger partial charge in [-0.15, -0.1) is 0 Å². The van der Waals surface area contributed by atoms with Crippen molar-refractivity contribution in [1.29, 1.82) is 0 Å². The number of nitrogens with one attached hydrogen (secondary N) is 1. The molecule has 0 radical (unpaired) electrons. The minimum Gasteiger partial charge on any atom is -0.348 e. The third kappa shape index (κ3) is 2.88. The quantitative estimate of drug-likeness (QED) is 0.856. The molecule has 1 fully saturated rings. The Morgan fingerprint density at radius 2 is 2.00 bits per heavy atom. The fourth-order valence-corrected chi connectivity index (χ4v) is 2.10. The highest BCUT2D eigenvalue weighted by molar-refractivity contribution is 5.94. The largest absolute Gasteiger partial charge is 0.348 e. The number of rotatable bonds is 2. The zero-order chi connectivity index (χ0) is 13.1. The van der Waals surface area contributed by atoms with Gasteiger partial charge in [-0.2, -0.15) is 0 Å². The van der Waals surface area contributed by atoms with Gasteiger partial charge in [0, 0.05) is 31.6 Å². The van der Waals surface area contributed by atoms with E-state index >= 15 is 0 Å². The van der Waals surface area contributed by atoms with E-state index in [2.05, 4.69) is 5.32 Å². The van der Waals surface area contributed by atoms with Crippen LogP contribution in [-0.4, -0.2) is 36.3 Å². The zero-order valence-electron chi connectivity index (χ0n) is 10.8. The van der Waals surface area contributed by atoms with E-state index in [1.54, 1.807) is 11.9 Å². The Morgan fingerprint density at radius 3 is 2.61 bits per heavy atom. The molecular formula is C14H18N2O2. The lowest BCUT2D eigenvalue weighted by molar-refractivity contribution is -0.132. The number of benzene rings is 1. The zero-order valence-corrected chi connectivity index (χ0v) is 10.8. The van der Waals surface area contributed by atoms with Crippen LogP contribution in [-0.2, 0) is 4.79 Å².